The quantitative estimate of drug-likeness (QED) is 0.487. The Hall–Kier alpha value is -1.19. The van der Waals surface area contributed by atoms with Crippen LogP contribution in [0.1, 0.15) is 20.3 Å². The van der Waals surface area contributed by atoms with E-state index in [1.165, 1.54) is 13.8 Å². The predicted octanol–water partition coefficient (Wildman–Crippen LogP) is -1.06. The first-order valence-corrected chi connectivity index (χ1v) is 7.30. The lowest BCUT2D eigenvalue weighted by molar-refractivity contribution is -0.137. The number of carboxylic acid groups (broad SMARTS) is 1. The number of hydrogen-bond acceptors (Lipinski definition) is 6. The number of carboxylic acids is 1. The molecule has 112 valence electrons. The Morgan fingerprint density at radius 3 is 2.26 bits per heavy atom. The van der Waals surface area contributed by atoms with E-state index in [4.69, 9.17) is 5.11 Å². The predicted molar refractivity (Wildman–Crippen MR) is 65.8 cm³/mol. The van der Waals surface area contributed by atoms with Crippen LogP contribution in [0.4, 0.5) is 0 Å². The van der Waals surface area contributed by atoms with Crippen molar-refractivity contribution in [2.24, 2.45) is 5.41 Å². The lowest BCUT2D eigenvalue weighted by Gasteiger charge is -2.30. The third kappa shape index (κ3) is 7.09. The van der Waals surface area contributed by atoms with Crippen LogP contribution in [0.3, 0.4) is 0 Å². The summed E-state index contributed by atoms with van der Waals surface area (Å²) in [5.41, 5.74) is -1.13. The second kappa shape index (κ2) is 6.83. The molecule has 0 bridgehead atoms. The van der Waals surface area contributed by atoms with E-state index in [2.05, 4.69) is 9.50 Å². The maximum Gasteiger partial charge on any atom is 0.305 e. The number of aliphatic hydroxyl groups is 1. The van der Waals surface area contributed by atoms with Gasteiger partial charge < -0.3 is 15.5 Å². The third-order valence-corrected chi connectivity index (χ3v) is 2.81. The second-order valence-electron chi connectivity index (χ2n) is 4.76. The zero-order valence-electron chi connectivity index (χ0n) is 11.0. The third-order valence-electron chi connectivity index (χ3n) is 2.26. The average Bonchev–Trinajstić information content (AvgIpc) is 2.23. The molecule has 0 rings (SSSR count). The number of aliphatic hydroxyl groups excluding tert-OH is 1. The van der Waals surface area contributed by atoms with Gasteiger partial charge in [0, 0.05) is 12.0 Å². The van der Waals surface area contributed by atoms with Crippen LogP contribution < -0.4 is 5.32 Å². The monoisotopic (exact) mass is 297 g/mol. The van der Waals surface area contributed by atoms with E-state index in [0.717, 1.165) is 6.26 Å². The van der Waals surface area contributed by atoms with Crippen molar-refractivity contribution in [3.63, 3.8) is 0 Å². The molecule has 0 aromatic carbocycles. The van der Waals surface area contributed by atoms with Gasteiger partial charge in [0.2, 0.25) is 0 Å². The number of amides is 1. The van der Waals surface area contributed by atoms with Crippen LogP contribution in [0.5, 0.6) is 0 Å². The van der Waals surface area contributed by atoms with Crippen LogP contribution in [0.2, 0.25) is 0 Å². The van der Waals surface area contributed by atoms with Crippen molar-refractivity contribution in [3.8, 4) is 0 Å². The van der Waals surface area contributed by atoms with Crippen LogP contribution in [0.15, 0.2) is 0 Å². The molecule has 8 nitrogen and oxygen atoms in total. The molecule has 0 spiro atoms. The highest BCUT2D eigenvalue weighted by Gasteiger charge is 2.38. The summed E-state index contributed by atoms with van der Waals surface area (Å²) < 4.78 is 26.9. The minimum absolute atomic E-state index is 0.153. The minimum atomic E-state index is -3.89. The Morgan fingerprint density at radius 2 is 1.89 bits per heavy atom. The number of aliphatic carboxylic acids is 1. The van der Waals surface area contributed by atoms with Crippen molar-refractivity contribution >= 4 is 22.0 Å². The van der Waals surface area contributed by atoms with E-state index in [-0.39, 0.29) is 13.0 Å². The summed E-state index contributed by atoms with van der Waals surface area (Å²) >= 11 is 0. The zero-order chi connectivity index (χ0) is 15.3. The summed E-state index contributed by atoms with van der Waals surface area (Å²) in [6.07, 6.45) is -0.934. The van der Waals surface area contributed by atoms with E-state index in [0.29, 0.717) is 0 Å². The first-order chi connectivity index (χ1) is 8.49. The summed E-state index contributed by atoms with van der Waals surface area (Å²) in [6, 6.07) is 0. The SMILES string of the molecule is CC(C)(CO)[C@@H](OS(C)(=O)=O)C(=O)NCCC(=O)O. The molecule has 0 fully saturated rings. The smallest absolute Gasteiger partial charge is 0.305 e. The average molecular weight is 297 g/mol. The minimum Gasteiger partial charge on any atom is -0.481 e. The van der Waals surface area contributed by atoms with Crippen molar-refractivity contribution < 1.29 is 32.4 Å². The molecule has 0 aromatic rings. The molecule has 0 aliphatic rings. The Morgan fingerprint density at radius 1 is 1.37 bits per heavy atom. The number of carbonyl (C=O) groups is 2. The summed E-state index contributed by atoms with van der Waals surface area (Å²) in [4.78, 5) is 22.1. The Kier molecular flexibility index (Phi) is 6.40. The molecule has 0 radical (unpaired) electrons. The molecule has 0 unspecified atom stereocenters. The van der Waals surface area contributed by atoms with Crippen LogP contribution in [0, 0.1) is 5.41 Å². The molecule has 0 saturated heterocycles. The fourth-order valence-electron chi connectivity index (χ4n) is 1.17. The zero-order valence-corrected chi connectivity index (χ0v) is 11.9. The van der Waals surface area contributed by atoms with Crippen molar-refractivity contribution in [3.05, 3.63) is 0 Å². The standard InChI is InChI=1S/C10H19NO7S/c1-10(2,6-12)8(18-19(3,16)17)9(15)11-5-4-7(13)14/h8,12H,4-6H2,1-3H3,(H,11,15)(H,13,14)/t8-/m0/s1. The summed E-state index contributed by atoms with van der Waals surface area (Å²) in [5, 5.41) is 19.9. The first-order valence-electron chi connectivity index (χ1n) is 5.48. The van der Waals surface area contributed by atoms with Crippen LogP contribution in [-0.4, -0.2) is 56.0 Å². The topological polar surface area (TPSA) is 130 Å². The van der Waals surface area contributed by atoms with Gasteiger partial charge in [-0.15, -0.1) is 0 Å². The van der Waals surface area contributed by atoms with Crippen molar-refractivity contribution in [1.29, 1.82) is 0 Å². The molecule has 19 heavy (non-hydrogen) atoms. The highest BCUT2D eigenvalue weighted by molar-refractivity contribution is 7.86. The van der Waals surface area contributed by atoms with Crippen molar-refractivity contribution in [1.82, 2.24) is 5.32 Å². The molecule has 0 aliphatic carbocycles. The van der Waals surface area contributed by atoms with Gasteiger partial charge >= 0.3 is 5.97 Å². The van der Waals surface area contributed by atoms with Gasteiger partial charge in [-0.05, 0) is 0 Å². The molecule has 0 heterocycles. The van der Waals surface area contributed by atoms with Gasteiger partial charge in [0.05, 0.1) is 19.3 Å². The van der Waals surface area contributed by atoms with Crippen LogP contribution in [0.25, 0.3) is 0 Å². The first kappa shape index (κ1) is 17.8. The van der Waals surface area contributed by atoms with Gasteiger partial charge in [-0.3, -0.25) is 13.8 Å². The van der Waals surface area contributed by atoms with E-state index >= 15 is 0 Å². The van der Waals surface area contributed by atoms with E-state index in [9.17, 15) is 23.1 Å². The highest BCUT2D eigenvalue weighted by Crippen LogP contribution is 2.24. The van der Waals surface area contributed by atoms with Crippen molar-refractivity contribution in [2.75, 3.05) is 19.4 Å². The largest absolute Gasteiger partial charge is 0.481 e. The van der Waals surface area contributed by atoms with Gasteiger partial charge in [-0.25, -0.2) is 0 Å². The lowest BCUT2D eigenvalue weighted by atomic mass is 9.87. The van der Waals surface area contributed by atoms with Crippen LogP contribution in [-0.2, 0) is 23.9 Å². The van der Waals surface area contributed by atoms with Crippen molar-refractivity contribution in [2.45, 2.75) is 26.4 Å². The second-order valence-corrected chi connectivity index (χ2v) is 6.36. The molecule has 0 aliphatic heterocycles. The Labute approximate surface area is 111 Å². The van der Waals surface area contributed by atoms with Gasteiger partial charge in [-0.1, -0.05) is 13.8 Å². The maximum atomic E-state index is 11.8. The Balaban J connectivity index is 4.84. The van der Waals surface area contributed by atoms with Crippen LogP contribution >= 0.6 is 0 Å². The Bertz CT molecular complexity index is 429. The van der Waals surface area contributed by atoms with E-state index < -0.39 is 40.1 Å². The molecule has 9 heteroatoms. The molecular weight excluding hydrogens is 278 g/mol. The number of carbonyl (C=O) groups excluding carboxylic acids is 1. The normalized spacial score (nSPS) is 13.9. The van der Waals surface area contributed by atoms with Gasteiger partial charge in [-0.2, -0.15) is 8.42 Å². The molecular formula is C10H19NO7S. The molecule has 3 N–H and O–H groups in total. The van der Waals surface area contributed by atoms with E-state index in [1.54, 1.807) is 0 Å². The number of rotatable bonds is 8. The fraction of sp³-hybridized carbons (Fsp3) is 0.800. The molecule has 0 saturated carbocycles. The number of nitrogens with one attached hydrogen (secondary N) is 1. The lowest BCUT2D eigenvalue weighted by Crippen LogP contribution is -2.48. The molecule has 1 atom stereocenters. The van der Waals surface area contributed by atoms with E-state index in [1.807, 2.05) is 0 Å². The highest BCUT2D eigenvalue weighted by atomic mass is 32.2. The van der Waals surface area contributed by atoms with Gasteiger partial charge in [0.15, 0.2) is 6.10 Å². The molecule has 1 amide bonds. The molecule has 0 aromatic heterocycles. The number of hydrogen-bond donors (Lipinski definition) is 3. The maximum absolute atomic E-state index is 11.8. The summed E-state index contributed by atoms with van der Waals surface area (Å²) in [5.74, 6) is -1.88. The fourth-order valence-corrected chi connectivity index (χ4v) is 1.87. The van der Waals surface area contributed by atoms with Gasteiger partial charge in [0.1, 0.15) is 0 Å². The summed E-state index contributed by atoms with van der Waals surface area (Å²) in [6.45, 7) is 2.29. The van der Waals surface area contributed by atoms with Gasteiger partial charge in [0.25, 0.3) is 16.0 Å². The summed E-state index contributed by atoms with van der Waals surface area (Å²) in [7, 11) is -3.89.